The van der Waals surface area contributed by atoms with Gasteiger partial charge in [-0.1, -0.05) is 18.2 Å². The number of esters is 1. The highest BCUT2D eigenvalue weighted by Gasteiger charge is 2.19. The summed E-state index contributed by atoms with van der Waals surface area (Å²) in [6, 6.07) is 18.8. The highest BCUT2D eigenvalue weighted by atomic mass is 16.5. The number of para-hydroxylation sites is 1. The number of nitrogens with zero attached hydrogens (tertiary/aromatic N) is 4. The van der Waals surface area contributed by atoms with Crippen LogP contribution in [0.3, 0.4) is 0 Å². The van der Waals surface area contributed by atoms with E-state index >= 15 is 0 Å². The van der Waals surface area contributed by atoms with Crippen LogP contribution in [0.1, 0.15) is 10.4 Å². The number of methoxy groups -OCH3 is 1. The van der Waals surface area contributed by atoms with E-state index in [1.807, 2.05) is 60.8 Å². The fraction of sp³-hybridized carbons (Fsp3) is 0.0476. The van der Waals surface area contributed by atoms with Crippen LogP contribution in [0, 0.1) is 0 Å². The predicted molar refractivity (Wildman–Crippen MR) is 105 cm³/mol. The van der Waals surface area contributed by atoms with Crippen molar-refractivity contribution in [1.82, 2.24) is 25.0 Å². The summed E-state index contributed by atoms with van der Waals surface area (Å²) in [6.07, 6.45) is 1.81. The molecule has 0 aliphatic carbocycles. The number of H-pyrrole nitrogens is 1. The maximum absolute atomic E-state index is 12.6. The lowest BCUT2D eigenvalue weighted by Gasteiger charge is -2.08. The molecule has 0 amide bonds. The van der Waals surface area contributed by atoms with Gasteiger partial charge in [0.15, 0.2) is 0 Å². The molecule has 0 bridgehead atoms. The zero-order valence-electron chi connectivity index (χ0n) is 15.0. The van der Waals surface area contributed by atoms with Gasteiger partial charge in [0.1, 0.15) is 11.0 Å². The Labute approximate surface area is 159 Å². The first kappa shape index (κ1) is 16.2. The maximum atomic E-state index is 12.6. The second kappa shape index (κ2) is 6.31. The van der Waals surface area contributed by atoms with Gasteiger partial charge in [0.25, 0.3) is 0 Å². The molecule has 3 aromatic heterocycles. The highest BCUT2D eigenvalue weighted by molar-refractivity contribution is 6.14. The molecule has 7 heteroatoms. The molecule has 0 fully saturated rings. The van der Waals surface area contributed by atoms with Crippen molar-refractivity contribution in [3.8, 4) is 17.1 Å². The molecule has 0 unspecified atom stereocenters. The maximum Gasteiger partial charge on any atom is 0.338 e. The Morgan fingerprint density at radius 3 is 2.57 bits per heavy atom. The Kier molecular flexibility index (Phi) is 3.65. The lowest BCUT2D eigenvalue weighted by Crippen LogP contribution is -2.04. The number of nitrogens with one attached hydrogen (secondary N) is 1. The topological polar surface area (TPSA) is 85.7 Å². The molecule has 0 atom stereocenters. The molecular formula is C21H15N5O2. The van der Waals surface area contributed by atoms with Crippen molar-refractivity contribution in [2.45, 2.75) is 0 Å². The van der Waals surface area contributed by atoms with Crippen molar-refractivity contribution < 1.29 is 9.53 Å². The van der Waals surface area contributed by atoms with E-state index in [0.717, 1.165) is 11.4 Å². The summed E-state index contributed by atoms with van der Waals surface area (Å²) < 4.78 is 5.03. The minimum absolute atomic E-state index is 0.405. The molecule has 0 aliphatic heterocycles. The number of ether oxygens (including phenoxy) is 1. The van der Waals surface area contributed by atoms with E-state index in [1.165, 1.54) is 7.11 Å². The normalized spacial score (nSPS) is 11.2. The number of hydrogen-bond acceptors (Lipinski definition) is 5. The molecule has 5 aromatic rings. The Hall–Kier alpha value is -4.00. The van der Waals surface area contributed by atoms with Gasteiger partial charge in [-0.05, 0) is 42.5 Å². The monoisotopic (exact) mass is 369 g/mol. The zero-order valence-corrected chi connectivity index (χ0v) is 15.0. The number of fused-ring (bicyclic) bond motifs is 3. The average Bonchev–Trinajstić information content (AvgIpc) is 3.42. The van der Waals surface area contributed by atoms with Crippen molar-refractivity contribution in [2.24, 2.45) is 0 Å². The van der Waals surface area contributed by atoms with E-state index in [9.17, 15) is 4.79 Å². The molecular weight excluding hydrogens is 354 g/mol. The third-order valence-corrected chi connectivity index (χ3v) is 4.59. The molecule has 5 rings (SSSR count). The quantitative estimate of drug-likeness (QED) is 0.490. The van der Waals surface area contributed by atoms with E-state index in [0.29, 0.717) is 33.2 Å². The summed E-state index contributed by atoms with van der Waals surface area (Å²) >= 11 is 0. The van der Waals surface area contributed by atoms with E-state index in [1.54, 1.807) is 10.9 Å². The van der Waals surface area contributed by atoms with Gasteiger partial charge in [0.2, 0.25) is 0 Å². The van der Waals surface area contributed by atoms with Crippen LogP contribution in [-0.4, -0.2) is 38.0 Å². The smallest absolute Gasteiger partial charge is 0.338 e. The number of benzene rings is 2. The minimum atomic E-state index is -0.443. The number of carbonyl (C=O) groups excluding carboxylic acids is 1. The van der Waals surface area contributed by atoms with Crippen molar-refractivity contribution in [3.63, 3.8) is 0 Å². The van der Waals surface area contributed by atoms with Crippen LogP contribution in [0.2, 0.25) is 0 Å². The molecule has 0 radical (unpaired) electrons. The molecule has 0 saturated heterocycles. The summed E-state index contributed by atoms with van der Waals surface area (Å²) in [6.45, 7) is 0. The average molecular weight is 369 g/mol. The van der Waals surface area contributed by atoms with Crippen LogP contribution in [0.25, 0.3) is 39.0 Å². The molecule has 3 heterocycles. The largest absolute Gasteiger partial charge is 0.465 e. The van der Waals surface area contributed by atoms with Gasteiger partial charge >= 0.3 is 5.97 Å². The third-order valence-electron chi connectivity index (χ3n) is 4.59. The van der Waals surface area contributed by atoms with Gasteiger partial charge in [-0.2, -0.15) is 4.80 Å². The third kappa shape index (κ3) is 2.52. The molecule has 0 aliphatic rings. The van der Waals surface area contributed by atoms with Crippen LogP contribution < -0.4 is 0 Å². The first-order chi connectivity index (χ1) is 13.7. The molecule has 2 aromatic carbocycles. The summed E-state index contributed by atoms with van der Waals surface area (Å²) in [4.78, 5) is 21.9. The van der Waals surface area contributed by atoms with Crippen LogP contribution in [0.4, 0.5) is 0 Å². The van der Waals surface area contributed by atoms with Gasteiger partial charge in [0, 0.05) is 11.6 Å². The Morgan fingerprint density at radius 2 is 1.82 bits per heavy atom. The van der Waals surface area contributed by atoms with Gasteiger partial charge < -0.3 is 9.72 Å². The summed E-state index contributed by atoms with van der Waals surface area (Å²) in [7, 11) is 1.36. The van der Waals surface area contributed by atoms with E-state index in [2.05, 4.69) is 15.2 Å². The van der Waals surface area contributed by atoms with Crippen molar-refractivity contribution in [1.29, 1.82) is 0 Å². The lowest BCUT2D eigenvalue weighted by molar-refractivity contribution is 0.0603. The molecule has 7 nitrogen and oxygen atoms in total. The standard InChI is InChI=1S/C21H15N5O2/c1-28-21(27)14-12-18(15-8-5-11-22-15)23-16-9-10-17-20(19(14)16)25-26(24-17)13-6-3-2-4-7-13/h2-12,22H,1H3. The van der Waals surface area contributed by atoms with Crippen LogP contribution >= 0.6 is 0 Å². The number of rotatable bonds is 3. The number of pyridine rings is 1. The minimum Gasteiger partial charge on any atom is -0.465 e. The van der Waals surface area contributed by atoms with Crippen LogP contribution in [0.5, 0.6) is 0 Å². The van der Waals surface area contributed by atoms with Crippen molar-refractivity contribution in [3.05, 3.63) is 72.4 Å². The predicted octanol–water partition coefficient (Wildman–Crippen LogP) is 3.75. The van der Waals surface area contributed by atoms with Crippen molar-refractivity contribution >= 4 is 27.9 Å². The van der Waals surface area contributed by atoms with E-state index < -0.39 is 5.97 Å². The van der Waals surface area contributed by atoms with Crippen LogP contribution in [-0.2, 0) is 4.74 Å². The Bertz CT molecular complexity index is 1310. The van der Waals surface area contributed by atoms with Gasteiger partial charge in [0.05, 0.1) is 35.3 Å². The van der Waals surface area contributed by atoms with E-state index in [-0.39, 0.29) is 0 Å². The fourth-order valence-corrected chi connectivity index (χ4v) is 3.28. The second-order valence-electron chi connectivity index (χ2n) is 6.28. The van der Waals surface area contributed by atoms with Crippen molar-refractivity contribution in [2.75, 3.05) is 7.11 Å². The van der Waals surface area contributed by atoms with E-state index in [4.69, 9.17) is 9.72 Å². The van der Waals surface area contributed by atoms with Gasteiger partial charge in [-0.3, -0.25) is 0 Å². The molecule has 28 heavy (non-hydrogen) atoms. The number of hydrogen-bond donors (Lipinski definition) is 1. The number of carbonyl (C=O) groups is 1. The fourth-order valence-electron chi connectivity index (χ4n) is 3.28. The first-order valence-corrected chi connectivity index (χ1v) is 8.73. The zero-order chi connectivity index (χ0) is 19.1. The second-order valence-corrected chi connectivity index (χ2v) is 6.28. The molecule has 136 valence electrons. The molecule has 0 spiro atoms. The number of aromatic nitrogens is 5. The number of aromatic amines is 1. The van der Waals surface area contributed by atoms with Crippen LogP contribution in [0.15, 0.2) is 66.9 Å². The molecule has 0 saturated carbocycles. The Morgan fingerprint density at radius 1 is 1.00 bits per heavy atom. The Balaban J connectivity index is 1.82. The van der Waals surface area contributed by atoms with Gasteiger partial charge in [-0.15, -0.1) is 10.2 Å². The van der Waals surface area contributed by atoms with Gasteiger partial charge in [-0.25, -0.2) is 9.78 Å². The first-order valence-electron chi connectivity index (χ1n) is 8.73. The SMILES string of the molecule is COC(=O)c1cc(-c2ccc[nH]2)nc2ccc3nn(-c4ccccc4)nc3c12. The summed E-state index contributed by atoms with van der Waals surface area (Å²) in [5.41, 5.74) is 4.65. The lowest BCUT2D eigenvalue weighted by atomic mass is 10.0. The highest BCUT2D eigenvalue weighted by Crippen LogP contribution is 2.29. The summed E-state index contributed by atoms with van der Waals surface area (Å²) in [5.74, 6) is -0.443. The molecule has 1 N–H and O–H groups in total. The summed E-state index contributed by atoms with van der Waals surface area (Å²) in [5, 5.41) is 9.81.